The number of carbonyl (C=O) groups excluding carboxylic acids is 4. The van der Waals surface area contributed by atoms with E-state index in [1.807, 2.05) is 22.6 Å². The third-order valence-corrected chi connectivity index (χ3v) is 7.30. The van der Waals surface area contributed by atoms with Crippen molar-refractivity contribution in [2.75, 3.05) is 33.4 Å². The van der Waals surface area contributed by atoms with E-state index in [2.05, 4.69) is 5.32 Å². The van der Waals surface area contributed by atoms with E-state index in [-0.39, 0.29) is 55.7 Å². The number of benzene rings is 1. The number of carbonyl (C=O) groups is 4. The van der Waals surface area contributed by atoms with Gasteiger partial charge in [-0.3, -0.25) is 19.2 Å². The van der Waals surface area contributed by atoms with Crippen LogP contribution in [0.4, 0.5) is 0 Å². The van der Waals surface area contributed by atoms with Gasteiger partial charge in [0, 0.05) is 43.7 Å². The van der Waals surface area contributed by atoms with Crippen LogP contribution in [-0.2, 0) is 19.1 Å². The highest BCUT2D eigenvalue weighted by molar-refractivity contribution is 14.1. The van der Waals surface area contributed by atoms with Crippen LogP contribution >= 0.6 is 22.6 Å². The van der Waals surface area contributed by atoms with Crippen molar-refractivity contribution in [3.8, 4) is 11.5 Å². The molecule has 4 unspecified atom stereocenters. The molecule has 38 heavy (non-hydrogen) atoms. The number of ether oxygens (including phenoxy) is 3. The first kappa shape index (κ1) is 30.0. The first-order valence-corrected chi connectivity index (χ1v) is 13.5. The van der Waals surface area contributed by atoms with E-state index in [0.717, 1.165) is 6.42 Å². The number of hydrogen-bond donors (Lipinski definition) is 3. The second-order valence-corrected chi connectivity index (χ2v) is 10.2. The summed E-state index contributed by atoms with van der Waals surface area (Å²) in [6.45, 7) is 1.95. The molecule has 1 aromatic rings. The molecule has 1 saturated heterocycles. The van der Waals surface area contributed by atoms with Crippen LogP contribution in [0.3, 0.4) is 0 Å². The fourth-order valence-corrected chi connectivity index (χ4v) is 5.28. The van der Waals surface area contributed by atoms with Crippen molar-refractivity contribution >= 4 is 46.5 Å². The number of amides is 2. The summed E-state index contributed by atoms with van der Waals surface area (Å²) in [5, 5.41) is 23.2. The summed E-state index contributed by atoms with van der Waals surface area (Å²) in [6.07, 6.45) is 0.881. The molecule has 3 N–H and O–H groups in total. The van der Waals surface area contributed by atoms with Gasteiger partial charge < -0.3 is 34.6 Å². The van der Waals surface area contributed by atoms with Crippen molar-refractivity contribution in [1.29, 1.82) is 0 Å². The Bertz CT molecular complexity index is 1070. The lowest BCUT2D eigenvalue weighted by atomic mass is 9.87. The smallest absolute Gasteiger partial charge is 0.290 e. The van der Waals surface area contributed by atoms with E-state index in [0.29, 0.717) is 28.4 Å². The number of hydrogen-bond acceptors (Lipinski definition) is 9. The Morgan fingerprint density at radius 1 is 1.32 bits per heavy atom. The molecule has 0 aromatic heterocycles. The minimum atomic E-state index is -1.31. The summed E-state index contributed by atoms with van der Waals surface area (Å²) in [7, 11) is 1.41. The number of halogens is 1. The SMILES string of the molecule is CCC(=O)C(=O)N(CC1CCCO1)C1CC(C(=O)NCCO)=CC(Oc2c(I)cc(C=O)cc2OC)C1O. The van der Waals surface area contributed by atoms with Crippen LogP contribution < -0.4 is 14.8 Å². The molecule has 1 fully saturated rings. The van der Waals surface area contributed by atoms with Crippen LogP contribution in [0, 0.1) is 3.57 Å². The predicted molar refractivity (Wildman–Crippen MR) is 144 cm³/mol. The summed E-state index contributed by atoms with van der Waals surface area (Å²) in [5.41, 5.74) is 0.595. The minimum absolute atomic E-state index is 0.0121. The minimum Gasteiger partial charge on any atom is -0.493 e. The van der Waals surface area contributed by atoms with E-state index in [1.165, 1.54) is 24.2 Å². The fraction of sp³-hybridized carbons (Fsp3) is 0.538. The Morgan fingerprint density at radius 2 is 2.08 bits per heavy atom. The molecule has 3 rings (SSSR count). The molecule has 11 nitrogen and oxygen atoms in total. The second kappa shape index (κ2) is 14.0. The van der Waals surface area contributed by atoms with Crippen molar-refractivity contribution < 1.29 is 43.6 Å². The molecular formula is C26H33IN2O9. The van der Waals surface area contributed by atoms with Gasteiger partial charge in [0.05, 0.1) is 29.4 Å². The largest absolute Gasteiger partial charge is 0.493 e. The number of ketones is 1. The number of methoxy groups -OCH3 is 1. The van der Waals surface area contributed by atoms with Crippen LogP contribution in [0.2, 0.25) is 0 Å². The Labute approximate surface area is 234 Å². The lowest BCUT2D eigenvalue weighted by Crippen LogP contribution is -2.57. The van der Waals surface area contributed by atoms with Gasteiger partial charge in [0.15, 0.2) is 11.5 Å². The molecule has 208 valence electrons. The van der Waals surface area contributed by atoms with Crippen molar-refractivity contribution in [3.63, 3.8) is 0 Å². The summed E-state index contributed by atoms with van der Waals surface area (Å²) in [4.78, 5) is 51.2. The highest BCUT2D eigenvalue weighted by Gasteiger charge is 2.43. The molecule has 0 saturated carbocycles. The average Bonchev–Trinajstić information content (AvgIpc) is 3.44. The van der Waals surface area contributed by atoms with E-state index in [1.54, 1.807) is 13.0 Å². The fourth-order valence-electron chi connectivity index (χ4n) is 4.53. The van der Waals surface area contributed by atoms with Crippen LogP contribution in [-0.4, -0.2) is 96.8 Å². The molecule has 12 heteroatoms. The van der Waals surface area contributed by atoms with Crippen LogP contribution in [0.15, 0.2) is 23.8 Å². The second-order valence-electron chi connectivity index (χ2n) is 9.04. The molecule has 0 bridgehead atoms. The summed E-state index contributed by atoms with van der Waals surface area (Å²) < 4.78 is 17.8. The monoisotopic (exact) mass is 644 g/mol. The van der Waals surface area contributed by atoms with Crippen LogP contribution in [0.5, 0.6) is 11.5 Å². The van der Waals surface area contributed by atoms with Gasteiger partial charge >= 0.3 is 0 Å². The van der Waals surface area contributed by atoms with Gasteiger partial charge in [0.1, 0.15) is 18.5 Å². The predicted octanol–water partition coefficient (Wildman–Crippen LogP) is 1.01. The first-order valence-electron chi connectivity index (χ1n) is 12.5. The number of nitrogens with one attached hydrogen (secondary N) is 1. The zero-order valence-electron chi connectivity index (χ0n) is 21.4. The standard InChI is InChI=1S/C26H33IN2O9/c1-3-20(32)26(35)29(13-17-5-4-8-37-17)19-11-16(25(34)28-6-7-30)12-21(23(19)33)38-24-18(27)9-15(14-31)10-22(24)36-2/h9-10,12,14,17,19,21,23,30,33H,3-8,11,13H2,1-2H3,(H,28,34). The van der Waals surface area contributed by atoms with Gasteiger partial charge in [0.2, 0.25) is 11.7 Å². The molecule has 2 aliphatic rings. The Hall–Kier alpha value is -2.55. The number of nitrogens with zero attached hydrogens (tertiary/aromatic N) is 1. The zero-order chi connectivity index (χ0) is 27.8. The van der Waals surface area contributed by atoms with Gasteiger partial charge in [-0.2, -0.15) is 0 Å². The molecule has 1 aliphatic heterocycles. The maximum absolute atomic E-state index is 13.2. The topological polar surface area (TPSA) is 152 Å². The number of aldehydes is 1. The summed E-state index contributed by atoms with van der Waals surface area (Å²) in [6, 6.07) is 2.11. The van der Waals surface area contributed by atoms with Crippen LogP contribution in [0.1, 0.15) is 43.0 Å². The molecule has 1 heterocycles. The van der Waals surface area contributed by atoms with Gasteiger partial charge in [-0.05, 0) is 53.6 Å². The number of aliphatic hydroxyl groups is 2. The number of aliphatic hydroxyl groups excluding tert-OH is 2. The normalized spacial score (nSPS) is 22.8. The lowest BCUT2D eigenvalue weighted by molar-refractivity contribution is -0.150. The molecular weight excluding hydrogens is 611 g/mol. The van der Waals surface area contributed by atoms with Gasteiger partial charge in [-0.25, -0.2) is 0 Å². The first-order chi connectivity index (χ1) is 18.2. The number of rotatable bonds is 12. The zero-order valence-corrected chi connectivity index (χ0v) is 23.5. The van der Waals surface area contributed by atoms with E-state index in [4.69, 9.17) is 19.3 Å². The molecule has 4 atom stereocenters. The van der Waals surface area contributed by atoms with Crippen molar-refractivity contribution in [2.45, 2.75) is 57.0 Å². The maximum Gasteiger partial charge on any atom is 0.290 e. The summed E-state index contributed by atoms with van der Waals surface area (Å²) >= 11 is 1.98. The Balaban J connectivity index is 2.02. The van der Waals surface area contributed by atoms with Gasteiger partial charge in [0.25, 0.3) is 5.91 Å². The quantitative estimate of drug-likeness (QED) is 0.172. The van der Waals surface area contributed by atoms with E-state index >= 15 is 0 Å². The molecule has 2 amide bonds. The van der Waals surface area contributed by atoms with Gasteiger partial charge in [-0.1, -0.05) is 6.92 Å². The maximum atomic E-state index is 13.2. The molecule has 1 aromatic carbocycles. The highest BCUT2D eigenvalue weighted by atomic mass is 127. The number of Topliss-reactive ketones (excluding diaryl/α,β-unsaturated/α-hetero) is 1. The van der Waals surface area contributed by atoms with Crippen molar-refractivity contribution in [3.05, 3.63) is 32.9 Å². The Kier molecular flexibility index (Phi) is 11.1. The van der Waals surface area contributed by atoms with Gasteiger partial charge in [-0.15, -0.1) is 0 Å². The third-order valence-electron chi connectivity index (χ3n) is 6.50. The van der Waals surface area contributed by atoms with E-state index < -0.39 is 35.8 Å². The van der Waals surface area contributed by atoms with Crippen molar-refractivity contribution in [1.82, 2.24) is 10.2 Å². The van der Waals surface area contributed by atoms with E-state index in [9.17, 15) is 24.3 Å². The summed E-state index contributed by atoms with van der Waals surface area (Å²) in [5.74, 6) is -1.37. The van der Waals surface area contributed by atoms with Crippen molar-refractivity contribution in [2.24, 2.45) is 0 Å². The average molecular weight is 644 g/mol. The third kappa shape index (κ3) is 7.10. The molecule has 0 radical (unpaired) electrons. The highest BCUT2D eigenvalue weighted by Crippen LogP contribution is 2.37. The molecule has 1 aliphatic carbocycles. The van der Waals surface area contributed by atoms with Crippen LogP contribution in [0.25, 0.3) is 0 Å². The Morgan fingerprint density at radius 3 is 2.68 bits per heavy atom. The lowest BCUT2D eigenvalue weighted by Gasteiger charge is -2.41. The molecule has 0 spiro atoms.